The van der Waals surface area contributed by atoms with E-state index in [2.05, 4.69) is 0 Å². The van der Waals surface area contributed by atoms with Crippen LogP contribution < -0.4 is 0 Å². The van der Waals surface area contributed by atoms with E-state index in [0.29, 0.717) is 6.54 Å². The number of nitrogens with zero attached hydrogens (tertiary/aromatic N) is 1. The zero-order valence-electron chi connectivity index (χ0n) is 12.9. The van der Waals surface area contributed by atoms with Crippen molar-refractivity contribution in [2.24, 2.45) is 5.92 Å². The molecule has 1 aliphatic rings. The minimum Gasteiger partial charge on any atom is -0.458 e. The normalized spacial score (nSPS) is 23.6. The van der Waals surface area contributed by atoms with Crippen molar-refractivity contribution in [3.8, 4) is 0 Å². The van der Waals surface area contributed by atoms with Gasteiger partial charge in [0, 0.05) is 12.5 Å². The Kier molecular flexibility index (Phi) is 4.17. The lowest BCUT2D eigenvalue weighted by molar-refractivity contribution is -0.169. The van der Waals surface area contributed by atoms with Gasteiger partial charge in [0.2, 0.25) is 0 Å². The monoisotopic (exact) mass is 271 g/mol. The van der Waals surface area contributed by atoms with E-state index in [0.717, 1.165) is 0 Å². The number of carbonyl (C=O) groups is 2. The van der Waals surface area contributed by atoms with Crippen molar-refractivity contribution in [3.63, 3.8) is 0 Å². The third-order valence-corrected chi connectivity index (χ3v) is 2.64. The smallest absolute Gasteiger partial charge is 0.411 e. The van der Waals surface area contributed by atoms with Gasteiger partial charge >= 0.3 is 12.1 Å². The van der Waals surface area contributed by atoms with Crippen molar-refractivity contribution in [3.05, 3.63) is 0 Å². The molecule has 0 aromatic carbocycles. The lowest BCUT2D eigenvalue weighted by Crippen LogP contribution is -2.63. The summed E-state index contributed by atoms with van der Waals surface area (Å²) in [6.07, 6.45) is -0.457. The van der Waals surface area contributed by atoms with E-state index in [1.807, 2.05) is 27.7 Å². The lowest BCUT2D eigenvalue weighted by atomic mass is 9.91. The molecule has 0 bridgehead atoms. The van der Waals surface area contributed by atoms with Gasteiger partial charge in [-0.15, -0.1) is 0 Å². The van der Waals surface area contributed by atoms with Gasteiger partial charge in [-0.05, 0) is 41.5 Å². The Morgan fingerprint density at radius 1 is 1.00 bits per heavy atom. The maximum Gasteiger partial charge on any atom is 0.411 e. The van der Waals surface area contributed by atoms with Crippen LogP contribution in [-0.4, -0.2) is 40.8 Å². The predicted molar refractivity (Wildman–Crippen MR) is 71.7 cm³/mol. The number of rotatable bonds is 1. The summed E-state index contributed by atoms with van der Waals surface area (Å²) in [6, 6.07) is -0.533. The molecule has 1 heterocycles. The van der Waals surface area contributed by atoms with Gasteiger partial charge in [0.15, 0.2) is 0 Å². The van der Waals surface area contributed by atoms with E-state index in [4.69, 9.17) is 9.47 Å². The fraction of sp³-hybridized carbons (Fsp3) is 0.857. The molecule has 1 rings (SSSR count). The Labute approximate surface area is 115 Å². The first-order valence-corrected chi connectivity index (χ1v) is 6.63. The lowest BCUT2D eigenvalue weighted by Gasteiger charge is -2.45. The van der Waals surface area contributed by atoms with E-state index in [-0.39, 0.29) is 11.9 Å². The molecular weight excluding hydrogens is 246 g/mol. The van der Waals surface area contributed by atoms with Crippen LogP contribution >= 0.6 is 0 Å². The van der Waals surface area contributed by atoms with E-state index >= 15 is 0 Å². The Hall–Kier alpha value is -1.26. The fourth-order valence-corrected chi connectivity index (χ4v) is 1.92. The molecule has 1 amide bonds. The highest BCUT2D eigenvalue weighted by molar-refractivity contribution is 5.84. The average Bonchev–Trinajstić information content (AvgIpc) is 2.06. The quantitative estimate of drug-likeness (QED) is 0.688. The maximum absolute atomic E-state index is 12.1. The highest BCUT2D eigenvalue weighted by Crippen LogP contribution is 2.29. The Morgan fingerprint density at radius 2 is 1.47 bits per heavy atom. The van der Waals surface area contributed by atoms with Gasteiger partial charge in [-0.2, -0.15) is 0 Å². The van der Waals surface area contributed by atoms with Crippen LogP contribution in [0.15, 0.2) is 0 Å². The number of hydrogen-bond donors (Lipinski definition) is 0. The van der Waals surface area contributed by atoms with E-state index in [1.54, 1.807) is 20.8 Å². The number of esters is 1. The van der Waals surface area contributed by atoms with E-state index in [1.165, 1.54) is 4.90 Å². The summed E-state index contributed by atoms with van der Waals surface area (Å²) in [5.74, 6) is -0.264. The largest absolute Gasteiger partial charge is 0.458 e. The standard InChI is InChI=1S/C14H25NO4/c1-9-8-15(12(17)19-14(5,6)7)10(9)11(16)18-13(2,3)4/h9-10H,8H2,1-7H3/t9-,10+/m0/s1. The summed E-state index contributed by atoms with van der Waals surface area (Å²) < 4.78 is 10.6. The van der Waals surface area contributed by atoms with Gasteiger partial charge in [-0.1, -0.05) is 6.92 Å². The van der Waals surface area contributed by atoms with Crippen molar-refractivity contribution in [2.75, 3.05) is 6.54 Å². The van der Waals surface area contributed by atoms with Gasteiger partial charge < -0.3 is 9.47 Å². The summed E-state index contributed by atoms with van der Waals surface area (Å²) in [4.78, 5) is 25.5. The van der Waals surface area contributed by atoms with Crippen molar-refractivity contribution in [1.82, 2.24) is 4.90 Å². The zero-order chi connectivity index (χ0) is 15.0. The third-order valence-electron chi connectivity index (χ3n) is 2.64. The van der Waals surface area contributed by atoms with E-state index < -0.39 is 23.3 Å². The van der Waals surface area contributed by atoms with Gasteiger partial charge in [0.1, 0.15) is 17.2 Å². The van der Waals surface area contributed by atoms with Crippen molar-refractivity contribution in [2.45, 2.75) is 65.7 Å². The number of ether oxygens (including phenoxy) is 2. The Bertz CT molecular complexity index is 365. The van der Waals surface area contributed by atoms with Crippen molar-refractivity contribution >= 4 is 12.1 Å². The highest BCUT2D eigenvalue weighted by Gasteiger charge is 2.47. The van der Waals surface area contributed by atoms with Gasteiger partial charge in [-0.25, -0.2) is 9.59 Å². The molecular formula is C14H25NO4. The number of amides is 1. The molecule has 19 heavy (non-hydrogen) atoms. The minimum atomic E-state index is -0.561. The molecule has 5 nitrogen and oxygen atoms in total. The second-order valence-corrected chi connectivity index (χ2v) is 7.09. The first-order valence-electron chi connectivity index (χ1n) is 6.63. The van der Waals surface area contributed by atoms with Crippen molar-refractivity contribution < 1.29 is 19.1 Å². The molecule has 0 unspecified atom stereocenters. The van der Waals surface area contributed by atoms with Crippen LogP contribution in [0.2, 0.25) is 0 Å². The van der Waals surface area contributed by atoms with Gasteiger partial charge in [0.25, 0.3) is 0 Å². The summed E-state index contributed by atoms with van der Waals surface area (Å²) in [6.45, 7) is 13.3. The molecule has 0 saturated carbocycles. The van der Waals surface area contributed by atoms with Gasteiger partial charge in [0.05, 0.1) is 0 Å². The summed E-state index contributed by atoms with van der Waals surface area (Å²) >= 11 is 0. The molecule has 0 N–H and O–H groups in total. The van der Waals surface area contributed by atoms with Gasteiger partial charge in [-0.3, -0.25) is 4.90 Å². The van der Waals surface area contributed by atoms with Crippen LogP contribution in [0, 0.1) is 5.92 Å². The van der Waals surface area contributed by atoms with Crippen LogP contribution in [0.5, 0.6) is 0 Å². The summed E-state index contributed by atoms with van der Waals surface area (Å²) in [5, 5.41) is 0. The average molecular weight is 271 g/mol. The minimum absolute atomic E-state index is 0.0994. The second-order valence-electron chi connectivity index (χ2n) is 7.09. The Balaban J connectivity index is 2.67. The van der Waals surface area contributed by atoms with Crippen molar-refractivity contribution in [1.29, 1.82) is 0 Å². The molecule has 0 aliphatic carbocycles. The highest BCUT2D eigenvalue weighted by atomic mass is 16.6. The molecule has 1 saturated heterocycles. The topological polar surface area (TPSA) is 55.8 Å². The predicted octanol–water partition coefficient (Wildman–Crippen LogP) is 2.58. The van der Waals surface area contributed by atoms with Crippen LogP contribution in [0.4, 0.5) is 4.79 Å². The molecule has 5 heteroatoms. The molecule has 0 radical (unpaired) electrons. The second kappa shape index (κ2) is 5.02. The van der Waals surface area contributed by atoms with E-state index in [9.17, 15) is 9.59 Å². The molecule has 0 aromatic rings. The Morgan fingerprint density at radius 3 is 1.84 bits per heavy atom. The zero-order valence-corrected chi connectivity index (χ0v) is 12.9. The molecule has 110 valence electrons. The molecule has 1 fully saturated rings. The SMILES string of the molecule is C[C@H]1CN(C(=O)OC(C)(C)C)[C@H]1C(=O)OC(C)(C)C. The summed E-state index contributed by atoms with van der Waals surface area (Å²) in [7, 11) is 0. The molecule has 0 spiro atoms. The van der Waals surface area contributed by atoms with Crippen LogP contribution in [0.1, 0.15) is 48.5 Å². The number of likely N-dealkylation sites (tertiary alicyclic amines) is 1. The van der Waals surface area contributed by atoms with Crippen LogP contribution in [-0.2, 0) is 14.3 Å². The van der Waals surface area contributed by atoms with Crippen LogP contribution in [0.3, 0.4) is 0 Å². The number of hydrogen-bond acceptors (Lipinski definition) is 4. The third kappa shape index (κ3) is 4.40. The molecule has 1 aliphatic heterocycles. The number of carbonyl (C=O) groups excluding carboxylic acids is 2. The fourth-order valence-electron chi connectivity index (χ4n) is 1.92. The first-order chi connectivity index (χ1) is 8.41. The maximum atomic E-state index is 12.1. The molecule has 0 aromatic heterocycles. The first kappa shape index (κ1) is 15.8. The molecule has 2 atom stereocenters. The van der Waals surface area contributed by atoms with Crippen LogP contribution in [0.25, 0.3) is 0 Å². The summed E-state index contributed by atoms with van der Waals surface area (Å²) in [5.41, 5.74) is -1.11.